The van der Waals surface area contributed by atoms with Crippen LogP contribution >= 0.6 is 23.2 Å². The van der Waals surface area contributed by atoms with Gasteiger partial charge >= 0.3 is 0 Å². The van der Waals surface area contributed by atoms with Gasteiger partial charge in [-0.3, -0.25) is 0 Å². The molecule has 0 aliphatic heterocycles. The van der Waals surface area contributed by atoms with E-state index in [9.17, 15) is 5.11 Å². The molecule has 3 aromatic rings. The zero-order chi connectivity index (χ0) is 18.5. The molecular weight excluding hydrogens is 371 g/mol. The lowest BCUT2D eigenvalue weighted by molar-refractivity contribution is 0.271. The summed E-state index contributed by atoms with van der Waals surface area (Å²) in [5, 5.41) is 20.5. The highest BCUT2D eigenvalue weighted by molar-refractivity contribution is 6.35. The Bertz CT molecular complexity index is 940. The molecule has 2 aromatic carbocycles. The van der Waals surface area contributed by atoms with E-state index in [2.05, 4.69) is 6.07 Å². The number of aromatic nitrogens is 1. The highest BCUT2D eigenvalue weighted by Crippen LogP contribution is 2.28. The summed E-state index contributed by atoms with van der Waals surface area (Å²) in [7, 11) is 0. The van der Waals surface area contributed by atoms with E-state index in [4.69, 9.17) is 33.2 Å². The minimum atomic E-state index is -0.0490. The average molecular weight is 389 g/mol. The minimum Gasteiger partial charge on any atom is -0.489 e. The maximum Gasteiger partial charge on any atom is 0.120 e. The van der Waals surface area contributed by atoms with Gasteiger partial charge in [-0.05, 0) is 42.8 Å². The summed E-state index contributed by atoms with van der Waals surface area (Å²) in [6, 6.07) is 15.2. The zero-order valence-electron chi connectivity index (χ0n) is 14.1. The SMILES string of the molecule is N#CCCCn1c(CO)cc2cc(OCc3c(Cl)cccc3Cl)ccc21. The van der Waals surface area contributed by atoms with E-state index in [1.54, 1.807) is 18.2 Å². The third kappa shape index (κ3) is 3.96. The van der Waals surface area contributed by atoms with Gasteiger partial charge in [-0.25, -0.2) is 0 Å². The topological polar surface area (TPSA) is 58.2 Å². The number of aryl methyl sites for hydroxylation is 1. The van der Waals surface area contributed by atoms with Crippen LogP contribution in [0.15, 0.2) is 42.5 Å². The standard InChI is InChI=1S/C20H18Cl2N2O2/c21-18-4-3-5-19(22)17(18)13-26-16-6-7-20-14(11-16)10-15(12-25)24(20)9-2-1-8-23/h3-7,10-11,25H,1-2,9,12-13H2. The fraction of sp³-hybridized carbons (Fsp3) is 0.250. The molecule has 1 N–H and O–H groups in total. The van der Waals surface area contributed by atoms with Crippen molar-refractivity contribution in [2.45, 2.75) is 32.6 Å². The first-order valence-corrected chi connectivity index (χ1v) is 9.05. The minimum absolute atomic E-state index is 0.0490. The lowest BCUT2D eigenvalue weighted by Crippen LogP contribution is -2.02. The van der Waals surface area contributed by atoms with Crippen molar-refractivity contribution in [3.05, 3.63) is 63.8 Å². The summed E-state index contributed by atoms with van der Waals surface area (Å²) in [5.41, 5.74) is 2.58. The summed E-state index contributed by atoms with van der Waals surface area (Å²) in [6.45, 7) is 0.925. The van der Waals surface area contributed by atoms with Gasteiger partial charge in [0.05, 0.1) is 12.7 Å². The fourth-order valence-corrected chi connectivity index (χ4v) is 3.44. The van der Waals surface area contributed by atoms with Crippen molar-refractivity contribution >= 4 is 34.1 Å². The van der Waals surface area contributed by atoms with Crippen LogP contribution < -0.4 is 4.74 Å². The number of nitrogens with zero attached hydrogens (tertiary/aromatic N) is 2. The fourth-order valence-electron chi connectivity index (χ4n) is 2.93. The molecule has 1 aromatic heterocycles. The number of rotatable bonds is 7. The number of benzene rings is 2. The van der Waals surface area contributed by atoms with Gasteiger partial charge in [0.2, 0.25) is 0 Å². The number of ether oxygens (including phenoxy) is 1. The maximum absolute atomic E-state index is 9.61. The molecular formula is C20H18Cl2N2O2. The van der Waals surface area contributed by atoms with Crippen LogP contribution in [0.4, 0.5) is 0 Å². The average Bonchev–Trinajstić information content (AvgIpc) is 2.98. The largest absolute Gasteiger partial charge is 0.489 e. The van der Waals surface area contributed by atoms with E-state index in [-0.39, 0.29) is 13.2 Å². The third-order valence-electron chi connectivity index (χ3n) is 4.24. The molecule has 0 unspecified atom stereocenters. The first-order valence-electron chi connectivity index (χ1n) is 8.29. The van der Waals surface area contributed by atoms with Crippen molar-refractivity contribution in [1.29, 1.82) is 5.26 Å². The van der Waals surface area contributed by atoms with Crippen LogP contribution in [0, 0.1) is 11.3 Å². The van der Waals surface area contributed by atoms with Crippen LogP contribution in [0.5, 0.6) is 5.75 Å². The summed E-state index contributed by atoms with van der Waals surface area (Å²) in [4.78, 5) is 0. The maximum atomic E-state index is 9.61. The third-order valence-corrected chi connectivity index (χ3v) is 4.94. The van der Waals surface area contributed by atoms with E-state index < -0.39 is 0 Å². The molecule has 0 fully saturated rings. The predicted molar refractivity (Wildman–Crippen MR) is 104 cm³/mol. The summed E-state index contributed by atoms with van der Waals surface area (Å²) >= 11 is 12.4. The second-order valence-electron chi connectivity index (χ2n) is 5.92. The molecule has 0 radical (unpaired) electrons. The zero-order valence-corrected chi connectivity index (χ0v) is 15.6. The van der Waals surface area contributed by atoms with Crippen molar-refractivity contribution in [3.8, 4) is 11.8 Å². The van der Waals surface area contributed by atoms with Gasteiger partial charge in [0.15, 0.2) is 0 Å². The quantitative estimate of drug-likeness (QED) is 0.556. The molecule has 26 heavy (non-hydrogen) atoms. The van der Waals surface area contributed by atoms with Crippen molar-refractivity contribution < 1.29 is 9.84 Å². The van der Waals surface area contributed by atoms with Crippen molar-refractivity contribution in [2.24, 2.45) is 0 Å². The monoisotopic (exact) mass is 388 g/mol. The number of halogens is 2. The van der Waals surface area contributed by atoms with E-state index in [1.165, 1.54) is 0 Å². The molecule has 3 rings (SSSR count). The summed E-state index contributed by atoms with van der Waals surface area (Å²) in [5.74, 6) is 0.701. The Kier molecular flexibility index (Phi) is 6.05. The van der Waals surface area contributed by atoms with Crippen LogP contribution in [0.1, 0.15) is 24.1 Å². The van der Waals surface area contributed by atoms with Gasteiger partial charge in [0, 0.05) is 45.2 Å². The molecule has 0 amide bonds. The molecule has 0 bridgehead atoms. The Hall–Kier alpha value is -2.19. The van der Waals surface area contributed by atoms with E-state index >= 15 is 0 Å². The highest BCUT2D eigenvalue weighted by atomic mass is 35.5. The summed E-state index contributed by atoms with van der Waals surface area (Å²) in [6.07, 6.45) is 1.24. The Labute approximate surface area is 162 Å². The number of aliphatic hydroxyl groups is 1. The molecule has 0 aliphatic carbocycles. The van der Waals surface area contributed by atoms with E-state index in [0.717, 1.165) is 28.6 Å². The second kappa shape index (κ2) is 8.46. The van der Waals surface area contributed by atoms with Gasteiger partial charge in [0.1, 0.15) is 12.4 Å². The van der Waals surface area contributed by atoms with Crippen molar-refractivity contribution in [3.63, 3.8) is 0 Å². The van der Waals surface area contributed by atoms with E-state index in [1.807, 2.05) is 28.8 Å². The number of unbranched alkanes of at least 4 members (excludes halogenated alkanes) is 1. The molecule has 0 spiro atoms. The normalized spacial score (nSPS) is 10.8. The van der Waals surface area contributed by atoms with Gasteiger partial charge in [-0.15, -0.1) is 0 Å². The Morgan fingerprint density at radius 1 is 1.12 bits per heavy atom. The number of nitriles is 1. The van der Waals surface area contributed by atoms with Crippen LogP contribution in [-0.4, -0.2) is 9.67 Å². The molecule has 4 nitrogen and oxygen atoms in total. The van der Waals surface area contributed by atoms with Crippen LogP contribution in [0.3, 0.4) is 0 Å². The number of aliphatic hydroxyl groups excluding tert-OH is 1. The molecule has 6 heteroatoms. The highest BCUT2D eigenvalue weighted by Gasteiger charge is 2.10. The summed E-state index contributed by atoms with van der Waals surface area (Å²) < 4.78 is 7.90. The van der Waals surface area contributed by atoms with Gasteiger partial charge in [-0.2, -0.15) is 5.26 Å². The number of hydrogen-bond donors (Lipinski definition) is 1. The predicted octanol–water partition coefficient (Wildman–Crippen LogP) is 5.32. The molecule has 0 saturated heterocycles. The van der Waals surface area contributed by atoms with Gasteiger partial charge in [-0.1, -0.05) is 29.3 Å². The van der Waals surface area contributed by atoms with E-state index in [0.29, 0.717) is 28.8 Å². The Balaban J connectivity index is 1.82. The Morgan fingerprint density at radius 3 is 2.58 bits per heavy atom. The van der Waals surface area contributed by atoms with Gasteiger partial charge < -0.3 is 14.4 Å². The van der Waals surface area contributed by atoms with Crippen LogP contribution in [0.2, 0.25) is 10.0 Å². The van der Waals surface area contributed by atoms with Crippen molar-refractivity contribution in [1.82, 2.24) is 4.57 Å². The van der Waals surface area contributed by atoms with Gasteiger partial charge in [0.25, 0.3) is 0 Å². The first-order chi connectivity index (χ1) is 12.6. The molecule has 0 aliphatic rings. The molecule has 1 heterocycles. The lowest BCUT2D eigenvalue weighted by Gasteiger charge is -2.11. The smallest absolute Gasteiger partial charge is 0.120 e. The number of fused-ring (bicyclic) bond motifs is 1. The first kappa shape index (κ1) is 18.6. The second-order valence-corrected chi connectivity index (χ2v) is 6.73. The number of hydrogen-bond acceptors (Lipinski definition) is 3. The Morgan fingerprint density at radius 2 is 1.88 bits per heavy atom. The lowest BCUT2D eigenvalue weighted by atomic mass is 10.2. The molecule has 134 valence electrons. The van der Waals surface area contributed by atoms with Crippen molar-refractivity contribution in [2.75, 3.05) is 0 Å². The molecule has 0 saturated carbocycles. The van der Waals surface area contributed by atoms with Crippen LogP contribution in [-0.2, 0) is 19.8 Å². The molecule has 0 atom stereocenters. The van der Waals surface area contributed by atoms with Crippen LogP contribution in [0.25, 0.3) is 10.9 Å².